The number of benzene rings is 1. The Labute approximate surface area is 144 Å². The molecular formula is C16H25ClN2O3S. The zero-order valence-electron chi connectivity index (χ0n) is 13.2. The summed E-state index contributed by atoms with van der Waals surface area (Å²) in [5.74, 6) is 0.0633. The second kappa shape index (κ2) is 7.83. The molecule has 0 bridgehead atoms. The third-order valence-electron chi connectivity index (χ3n) is 4.48. The van der Waals surface area contributed by atoms with Gasteiger partial charge in [0.25, 0.3) is 0 Å². The van der Waals surface area contributed by atoms with E-state index in [-0.39, 0.29) is 30.3 Å². The summed E-state index contributed by atoms with van der Waals surface area (Å²) in [7, 11) is -3.34. The van der Waals surface area contributed by atoms with E-state index < -0.39 is 10.0 Å². The Balaban J connectivity index is 0.00000192. The van der Waals surface area contributed by atoms with Crippen molar-refractivity contribution >= 4 is 28.1 Å². The molecule has 2 unspecified atom stereocenters. The third-order valence-corrected chi connectivity index (χ3v) is 5.94. The maximum Gasteiger partial charge on any atom is 0.214 e. The van der Waals surface area contributed by atoms with E-state index in [1.165, 1.54) is 0 Å². The van der Waals surface area contributed by atoms with Crippen molar-refractivity contribution in [2.24, 2.45) is 0 Å². The molecule has 3 N–H and O–H groups in total. The molecule has 1 saturated heterocycles. The van der Waals surface area contributed by atoms with Gasteiger partial charge < -0.3 is 10.5 Å². The molecular weight excluding hydrogens is 336 g/mol. The Morgan fingerprint density at radius 2 is 2.04 bits per heavy atom. The first-order valence-electron chi connectivity index (χ1n) is 8.03. The molecule has 130 valence electrons. The second-order valence-electron chi connectivity index (χ2n) is 6.29. The van der Waals surface area contributed by atoms with Gasteiger partial charge in [0.15, 0.2) is 0 Å². The Morgan fingerprint density at radius 3 is 2.78 bits per heavy atom. The minimum absolute atomic E-state index is 0. The van der Waals surface area contributed by atoms with E-state index in [1.54, 1.807) is 0 Å². The quantitative estimate of drug-likeness (QED) is 0.808. The van der Waals surface area contributed by atoms with Gasteiger partial charge in [-0.15, -0.1) is 12.4 Å². The van der Waals surface area contributed by atoms with Gasteiger partial charge in [0.1, 0.15) is 0 Å². The van der Waals surface area contributed by atoms with E-state index in [2.05, 4.69) is 4.72 Å². The highest BCUT2D eigenvalue weighted by molar-refractivity contribution is 7.89. The van der Waals surface area contributed by atoms with E-state index in [1.807, 2.05) is 18.2 Å². The first-order valence-corrected chi connectivity index (χ1v) is 9.69. The van der Waals surface area contributed by atoms with Crippen LogP contribution in [0.15, 0.2) is 18.2 Å². The van der Waals surface area contributed by atoms with Gasteiger partial charge in [0, 0.05) is 18.3 Å². The SMILES string of the molecule is Cl.Nc1ccc2c(c1)CCCC2NS(=O)(=O)CC1CCCCO1. The molecule has 0 spiro atoms. The number of anilines is 1. The number of ether oxygens (including phenoxy) is 1. The van der Waals surface area contributed by atoms with Gasteiger partial charge in [0.2, 0.25) is 10.0 Å². The second-order valence-corrected chi connectivity index (χ2v) is 8.09. The molecule has 0 amide bonds. The van der Waals surface area contributed by atoms with Crippen LogP contribution in [-0.2, 0) is 21.2 Å². The maximum absolute atomic E-state index is 12.4. The molecule has 2 aliphatic rings. The molecule has 1 aromatic rings. The standard InChI is InChI=1S/C16H24N2O3S.ClH/c17-13-7-8-15-12(10-13)4-3-6-16(15)18-22(19,20)11-14-5-1-2-9-21-14;/h7-8,10,14,16,18H,1-6,9,11,17H2;1H. The van der Waals surface area contributed by atoms with Crippen LogP contribution in [0.5, 0.6) is 0 Å². The third kappa shape index (κ3) is 4.83. The topological polar surface area (TPSA) is 81.4 Å². The average molecular weight is 361 g/mol. The number of nitrogen functional groups attached to an aromatic ring is 1. The van der Waals surface area contributed by atoms with Gasteiger partial charge in [-0.3, -0.25) is 0 Å². The lowest BCUT2D eigenvalue weighted by Crippen LogP contribution is -2.38. The van der Waals surface area contributed by atoms with Crippen molar-refractivity contribution < 1.29 is 13.2 Å². The number of hydrogen-bond acceptors (Lipinski definition) is 4. The average Bonchev–Trinajstić information content (AvgIpc) is 2.47. The van der Waals surface area contributed by atoms with Gasteiger partial charge in [0.05, 0.1) is 11.9 Å². The fraction of sp³-hybridized carbons (Fsp3) is 0.625. The van der Waals surface area contributed by atoms with Crippen molar-refractivity contribution in [3.05, 3.63) is 29.3 Å². The summed E-state index contributed by atoms with van der Waals surface area (Å²) in [4.78, 5) is 0. The molecule has 1 aliphatic carbocycles. The summed E-state index contributed by atoms with van der Waals surface area (Å²) in [6.07, 6.45) is 5.52. The number of halogens is 1. The fourth-order valence-corrected chi connectivity index (χ4v) is 4.93. The number of sulfonamides is 1. The van der Waals surface area contributed by atoms with Crippen LogP contribution in [0.1, 0.15) is 49.3 Å². The van der Waals surface area contributed by atoms with Crippen LogP contribution in [-0.4, -0.2) is 26.9 Å². The van der Waals surface area contributed by atoms with Crippen molar-refractivity contribution in [1.29, 1.82) is 0 Å². The maximum atomic E-state index is 12.4. The first kappa shape index (κ1) is 18.5. The molecule has 3 rings (SSSR count). The van der Waals surface area contributed by atoms with Crippen LogP contribution in [0, 0.1) is 0 Å². The van der Waals surface area contributed by atoms with E-state index >= 15 is 0 Å². The van der Waals surface area contributed by atoms with Gasteiger partial charge in [-0.25, -0.2) is 13.1 Å². The van der Waals surface area contributed by atoms with Gasteiger partial charge in [-0.2, -0.15) is 0 Å². The van der Waals surface area contributed by atoms with E-state index in [4.69, 9.17) is 10.5 Å². The number of rotatable bonds is 4. The first-order chi connectivity index (χ1) is 10.5. The lowest BCUT2D eigenvalue weighted by molar-refractivity contribution is 0.0303. The molecule has 1 fully saturated rings. The van der Waals surface area contributed by atoms with Crippen LogP contribution >= 0.6 is 12.4 Å². The number of hydrogen-bond donors (Lipinski definition) is 2. The summed E-state index contributed by atoms with van der Waals surface area (Å²) < 4.78 is 33.3. The minimum Gasteiger partial charge on any atom is -0.399 e. The normalized spacial score (nSPS) is 24.5. The molecule has 1 aromatic carbocycles. The Hall–Kier alpha value is -0.820. The van der Waals surface area contributed by atoms with Crippen LogP contribution < -0.4 is 10.5 Å². The zero-order chi connectivity index (χ0) is 15.6. The Bertz CT molecular complexity index is 630. The van der Waals surface area contributed by atoms with E-state index in [9.17, 15) is 8.42 Å². The highest BCUT2D eigenvalue weighted by Gasteiger charge is 2.27. The highest BCUT2D eigenvalue weighted by atomic mass is 35.5. The lowest BCUT2D eigenvalue weighted by atomic mass is 9.88. The van der Waals surface area contributed by atoms with Crippen molar-refractivity contribution in [2.75, 3.05) is 18.1 Å². The van der Waals surface area contributed by atoms with Gasteiger partial charge in [-0.05, 0) is 61.8 Å². The molecule has 5 nitrogen and oxygen atoms in total. The van der Waals surface area contributed by atoms with E-state index in [0.717, 1.165) is 55.3 Å². The van der Waals surface area contributed by atoms with Crippen LogP contribution in [0.3, 0.4) is 0 Å². The number of aryl methyl sites for hydroxylation is 1. The monoisotopic (exact) mass is 360 g/mol. The Kier molecular flexibility index (Phi) is 6.31. The molecule has 1 heterocycles. The Morgan fingerprint density at radius 1 is 1.22 bits per heavy atom. The number of nitrogens with one attached hydrogen (secondary N) is 1. The number of nitrogens with two attached hydrogens (primary N) is 1. The minimum atomic E-state index is -3.34. The number of fused-ring (bicyclic) bond motifs is 1. The summed E-state index contributed by atoms with van der Waals surface area (Å²) in [6, 6.07) is 5.61. The van der Waals surface area contributed by atoms with Crippen molar-refractivity contribution in [3.8, 4) is 0 Å². The highest BCUT2D eigenvalue weighted by Crippen LogP contribution is 2.31. The molecule has 2 atom stereocenters. The molecule has 0 radical (unpaired) electrons. The largest absolute Gasteiger partial charge is 0.399 e. The molecule has 1 aliphatic heterocycles. The summed E-state index contributed by atoms with van der Waals surface area (Å²) in [5, 5.41) is 0. The zero-order valence-corrected chi connectivity index (χ0v) is 14.8. The molecule has 0 saturated carbocycles. The summed E-state index contributed by atoms with van der Waals surface area (Å²) in [5.41, 5.74) is 8.78. The predicted molar refractivity (Wildman–Crippen MR) is 94.3 cm³/mol. The van der Waals surface area contributed by atoms with Crippen LogP contribution in [0.2, 0.25) is 0 Å². The molecule has 7 heteroatoms. The van der Waals surface area contributed by atoms with Gasteiger partial charge in [-0.1, -0.05) is 6.07 Å². The van der Waals surface area contributed by atoms with Crippen LogP contribution in [0.25, 0.3) is 0 Å². The predicted octanol–water partition coefficient (Wildman–Crippen LogP) is 2.56. The van der Waals surface area contributed by atoms with Crippen molar-refractivity contribution in [2.45, 2.75) is 50.7 Å². The summed E-state index contributed by atoms with van der Waals surface area (Å²) in [6.45, 7) is 0.672. The van der Waals surface area contributed by atoms with Crippen molar-refractivity contribution in [1.82, 2.24) is 4.72 Å². The lowest BCUT2D eigenvalue weighted by Gasteiger charge is -2.28. The van der Waals surface area contributed by atoms with Crippen LogP contribution in [0.4, 0.5) is 5.69 Å². The van der Waals surface area contributed by atoms with E-state index in [0.29, 0.717) is 6.61 Å². The molecule has 23 heavy (non-hydrogen) atoms. The summed E-state index contributed by atoms with van der Waals surface area (Å²) >= 11 is 0. The fourth-order valence-electron chi connectivity index (χ4n) is 3.41. The van der Waals surface area contributed by atoms with Gasteiger partial charge >= 0.3 is 0 Å². The van der Waals surface area contributed by atoms with Crippen molar-refractivity contribution in [3.63, 3.8) is 0 Å². The molecule has 0 aromatic heterocycles. The smallest absolute Gasteiger partial charge is 0.214 e.